The molecule has 0 spiro atoms. The molecule has 0 aromatic rings. The van der Waals surface area contributed by atoms with Crippen LogP contribution in [-0.2, 0) is 14.8 Å². The summed E-state index contributed by atoms with van der Waals surface area (Å²) in [5.41, 5.74) is -0.716. The first-order chi connectivity index (χ1) is 7.37. The number of ether oxygens (including phenoxy) is 1. The average molecular weight is 251 g/mol. The maximum Gasteiger partial charge on any atom is 0.216 e. The van der Waals surface area contributed by atoms with Crippen molar-refractivity contribution in [2.75, 3.05) is 32.1 Å². The van der Waals surface area contributed by atoms with Gasteiger partial charge < -0.3 is 9.84 Å². The van der Waals surface area contributed by atoms with E-state index in [0.29, 0.717) is 32.5 Å². The van der Waals surface area contributed by atoms with E-state index in [1.807, 2.05) is 6.92 Å². The fourth-order valence-electron chi connectivity index (χ4n) is 1.68. The van der Waals surface area contributed by atoms with Crippen LogP contribution in [0.5, 0.6) is 0 Å². The van der Waals surface area contributed by atoms with E-state index in [1.54, 1.807) is 6.92 Å². The predicted octanol–water partition coefficient (Wildman–Crippen LogP) is 0.200. The Morgan fingerprint density at radius 1 is 1.38 bits per heavy atom. The van der Waals surface area contributed by atoms with Crippen molar-refractivity contribution in [1.29, 1.82) is 0 Å². The van der Waals surface area contributed by atoms with Crippen LogP contribution >= 0.6 is 0 Å². The third-order valence-corrected chi connectivity index (χ3v) is 4.72. The summed E-state index contributed by atoms with van der Waals surface area (Å²) >= 11 is 0. The second-order valence-corrected chi connectivity index (χ2v) is 6.50. The third-order valence-electron chi connectivity index (χ3n) is 2.88. The lowest BCUT2D eigenvalue weighted by Crippen LogP contribution is -2.46. The molecule has 0 atom stereocenters. The number of sulfonamides is 1. The fraction of sp³-hybridized carbons (Fsp3) is 1.00. The van der Waals surface area contributed by atoms with Gasteiger partial charge in [-0.25, -0.2) is 12.7 Å². The molecule has 0 amide bonds. The van der Waals surface area contributed by atoms with Gasteiger partial charge in [-0.1, -0.05) is 0 Å². The normalized spacial score (nSPS) is 22.2. The summed E-state index contributed by atoms with van der Waals surface area (Å²) in [5.74, 6) is 0.0307. The fourth-order valence-corrected chi connectivity index (χ4v) is 3.01. The summed E-state index contributed by atoms with van der Waals surface area (Å²) in [6, 6.07) is 0. The largest absolute Gasteiger partial charge is 0.390 e. The lowest BCUT2D eigenvalue weighted by molar-refractivity contribution is 0.0125. The topological polar surface area (TPSA) is 66.8 Å². The Bertz CT molecular complexity index is 303. The van der Waals surface area contributed by atoms with Crippen LogP contribution in [-0.4, -0.2) is 55.5 Å². The first-order valence-electron chi connectivity index (χ1n) is 5.65. The number of hydrogen-bond acceptors (Lipinski definition) is 4. The minimum absolute atomic E-state index is 0.0307. The second kappa shape index (κ2) is 5.44. The Hall–Kier alpha value is -0.170. The molecule has 0 bridgehead atoms. The van der Waals surface area contributed by atoms with Gasteiger partial charge in [0.25, 0.3) is 0 Å². The smallest absolute Gasteiger partial charge is 0.216 e. The highest BCUT2D eigenvalue weighted by atomic mass is 32.2. The van der Waals surface area contributed by atoms with Gasteiger partial charge in [-0.3, -0.25) is 0 Å². The molecule has 0 unspecified atom stereocenters. The summed E-state index contributed by atoms with van der Waals surface area (Å²) in [4.78, 5) is 0. The number of hydrogen-bond donors (Lipinski definition) is 1. The molecule has 1 N–H and O–H groups in total. The SMILES string of the molecule is CCOCCS(=O)(=O)N1CCC(C)(O)CC1. The van der Waals surface area contributed by atoms with Gasteiger partial charge in [-0.2, -0.15) is 0 Å². The van der Waals surface area contributed by atoms with Crippen molar-refractivity contribution >= 4 is 10.0 Å². The van der Waals surface area contributed by atoms with Crippen LogP contribution in [0.4, 0.5) is 0 Å². The summed E-state index contributed by atoms with van der Waals surface area (Å²) < 4.78 is 30.2. The molecule has 1 rings (SSSR count). The van der Waals surface area contributed by atoms with Gasteiger partial charge in [0.05, 0.1) is 18.0 Å². The Balaban J connectivity index is 2.45. The third kappa shape index (κ3) is 4.01. The van der Waals surface area contributed by atoms with Crippen LogP contribution in [0.2, 0.25) is 0 Å². The molecule has 5 nitrogen and oxygen atoms in total. The Kier molecular flexibility index (Phi) is 4.73. The Morgan fingerprint density at radius 2 is 1.94 bits per heavy atom. The highest BCUT2D eigenvalue weighted by Crippen LogP contribution is 2.23. The zero-order valence-electron chi connectivity index (χ0n) is 9.98. The van der Waals surface area contributed by atoms with E-state index < -0.39 is 15.6 Å². The quantitative estimate of drug-likeness (QED) is 0.709. The molecular weight excluding hydrogens is 230 g/mol. The molecule has 96 valence electrons. The summed E-state index contributed by atoms with van der Waals surface area (Å²) in [5, 5.41) is 9.73. The van der Waals surface area contributed by atoms with E-state index in [2.05, 4.69) is 0 Å². The van der Waals surface area contributed by atoms with Crippen molar-refractivity contribution in [3.05, 3.63) is 0 Å². The molecule has 0 aliphatic carbocycles. The lowest BCUT2D eigenvalue weighted by Gasteiger charge is -2.34. The van der Waals surface area contributed by atoms with Crippen LogP contribution < -0.4 is 0 Å². The molecule has 1 fully saturated rings. The van der Waals surface area contributed by atoms with Gasteiger partial charge in [0.2, 0.25) is 10.0 Å². The van der Waals surface area contributed by atoms with Gasteiger partial charge in [0, 0.05) is 19.7 Å². The van der Waals surface area contributed by atoms with Crippen LogP contribution in [0, 0.1) is 0 Å². The summed E-state index contributed by atoms with van der Waals surface area (Å²) in [6.45, 7) is 5.17. The Labute approximate surface area is 97.4 Å². The molecule has 0 saturated carbocycles. The van der Waals surface area contributed by atoms with Gasteiger partial charge in [0.1, 0.15) is 0 Å². The molecule has 6 heteroatoms. The molecular formula is C10H21NO4S. The molecule has 1 aliphatic rings. The first kappa shape index (κ1) is 13.9. The van der Waals surface area contributed by atoms with E-state index >= 15 is 0 Å². The Morgan fingerprint density at radius 3 is 2.44 bits per heavy atom. The number of aliphatic hydroxyl groups is 1. The second-order valence-electron chi connectivity index (χ2n) is 4.41. The van der Waals surface area contributed by atoms with Crippen molar-refractivity contribution in [3.8, 4) is 0 Å². The molecule has 0 radical (unpaired) electrons. The molecule has 1 saturated heterocycles. The van der Waals surface area contributed by atoms with Crippen molar-refractivity contribution in [1.82, 2.24) is 4.31 Å². The maximum absolute atomic E-state index is 11.8. The van der Waals surface area contributed by atoms with Gasteiger partial charge in [0.15, 0.2) is 0 Å². The predicted molar refractivity (Wildman–Crippen MR) is 61.7 cm³/mol. The number of nitrogens with zero attached hydrogens (tertiary/aromatic N) is 1. The molecule has 0 aromatic carbocycles. The highest BCUT2D eigenvalue weighted by molar-refractivity contribution is 7.89. The monoisotopic (exact) mass is 251 g/mol. The van der Waals surface area contributed by atoms with Crippen LogP contribution in [0.1, 0.15) is 26.7 Å². The molecule has 0 aromatic heterocycles. The van der Waals surface area contributed by atoms with Gasteiger partial charge in [-0.05, 0) is 26.7 Å². The van der Waals surface area contributed by atoms with Crippen molar-refractivity contribution in [2.24, 2.45) is 0 Å². The zero-order chi connectivity index (χ0) is 12.2. The van der Waals surface area contributed by atoms with Crippen molar-refractivity contribution in [3.63, 3.8) is 0 Å². The van der Waals surface area contributed by atoms with Crippen molar-refractivity contribution in [2.45, 2.75) is 32.3 Å². The number of rotatable bonds is 5. The van der Waals surface area contributed by atoms with Gasteiger partial charge >= 0.3 is 0 Å². The maximum atomic E-state index is 11.8. The van der Waals surface area contributed by atoms with E-state index in [-0.39, 0.29) is 12.4 Å². The number of piperidine rings is 1. The van der Waals surface area contributed by atoms with E-state index in [1.165, 1.54) is 4.31 Å². The lowest BCUT2D eigenvalue weighted by atomic mass is 9.95. The summed E-state index contributed by atoms with van der Waals surface area (Å²) in [7, 11) is -3.21. The van der Waals surface area contributed by atoms with E-state index in [0.717, 1.165) is 0 Å². The van der Waals surface area contributed by atoms with E-state index in [9.17, 15) is 13.5 Å². The van der Waals surface area contributed by atoms with Crippen molar-refractivity contribution < 1.29 is 18.3 Å². The standard InChI is InChI=1S/C10H21NO4S/c1-3-15-8-9-16(13,14)11-6-4-10(2,12)5-7-11/h12H,3-9H2,1-2H3. The summed E-state index contributed by atoms with van der Waals surface area (Å²) in [6.07, 6.45) is 1.00. The first-order valence-corrected chi connectivity index (χ1v) is 7.26. The molecule has 16 heavy (non-hydrogen) atoms. The zero-order valence-corrected chi connectivity index (χ0v) is 10.8. The average Bonchev–Trinajstić information content (AvgIpc) is 2.17. The van der Waals surface area contributed by atoms with E-state index in [4.69, 9.17) is 4.74 Å². The van der Waals surface area contributed by atoms with Crippen LogP contribution in [0.15, 0.2) is 0 Å². The minimum atomic E-state index is -3.21. The van der Waals surface area contributed by atoms with Crippen LogP contribution in [0.3, 0.4) is 0 Å². The van der Waals surface area contributed by atoms with Crippen LogP contribution in [0.25, 0.3) is 0 Å². The van der Waals surface area contributed by atoms with Gasteiger partial charge in [-0.15, -0.1) is 0 Å². The molecule has 1 aliphatic heterocycles. The molecule has 1 heterocycles. The highest BCUT2D eigenvalue weighted by Gasteiger charge is 2.32. The minimum Gasteiger partial charge on any atom is -0.390 e.